The van der Waals surface area contributed by atoms with E-state index in [9.17, 15) is 8.42 Å². The third-order valence-electron chi connectivity index (χ3n) is 2.73. The van der Waals surface area contributed by atoms with E-state index in [1.54, 1.807) is 12.1 Å². The lowest BCUT2D eigenvalue weighted by molar-refractivity contribution is 0.420. The van der Waals surface area contributed by atoms with Crippen LogP contribution in [0.25, 0.3) is 0 Å². The largest absolute Gasteiger partial charge is 0.324 e. The second-order valence-corrected chi connectivity index (χ2v) is 6.41. The summed E-state index contributed by atoms with van der Waals surface area (Å²) in [7, 11) is 0.361. The third-order valence-corrected chi connectivity index (χ3v) is 4.11. The first-order valence-corrected chi connectivity index (χ1v) is 7.46. The summed E-state index contributed by atoms with van der Waals surface area (Å²) in [6.45, 7) is 3.14. The fourth-order valence-electron chi connectivity index (χ4n) is 1.72. The zero-order valence-corrected chi connectivity index (χ0v) is 12.1. The lowest BCUT2D eigenvalue weighted by atomic mass is 10.2. The Kier molecular flexibility index (Phi) is 3.77. The molecule has 6 nitrogen and oxygen atoms in total. The van der Waals surface area contributed by atoms with Crippen LogP contribution in [0.15, 0.2) is 28.1 Å². The molecule has 0 amide bonds. The SMILES string of the molecule is Cc1ccc2c(c1)S(=O)(=O)NC(=NCCN(C)C)N2. The number of nitrogens with one attached hydrogen (secondary N) is 2. The number of likely N-dealkylation sites (N-methyl/N-ethyl adjacent to an activating group) is 1. The van der Waals surface area contributed by atoms with Crippen molar-refractivity contribution < 1.29 is 8.42 Å². The van der Waals surface area contributed by atoms with Crippen LogP contribution in [0.4, 0.5) is 5.69 Å². The van der Waals surface area contributed by atoms with Gasteiger partial charge in [0.25, 0.3) is 10.0 Å². The van der Waals surface area contributed by atoms with Crippen molar-refractivity contribution in [3.8, 4) is 0 Å². The Morgan fingerprint density at radius 1 is 1.32 bits per heavy atom. The van der Waals surface area contributed by atoms with Gasteiger partial charge in [-0.25, -0.2) is 13.1 Å². The molecule has 1 aromatic carbocycles. The molecule has 1 aromatic rings. The minimum Gasteiger partial charge on any atom is -0.324 e. The smallest absolute Gasteiger partial charge is 0.266 e. The summed E-state index contributed by atoms with van der Waals surface area (Å²) in [6, 6.07) is 5.26. The number of sulfonamides is 1. The fourth-order valence-corrected chi connectivity index (χ4v) is 2.95. The van der Waals surface area contributed by atoms with Crippen molar-refractivity contribution in [1.82, 2.24) is 9.62 Å². The molecule has 104 valence electrons. The summed E-state index contributed by atoms with van der Waals surface area (Å²) >= 11 is 0. The number of guanidine groups is 1. The highest BCUT2D eigenvalue weighted by molar-refractivity contribution is 7.90. The van der Waals surface area contributed by atoms with Crippen LogP contribution in [0.1, 0.15) is 5.56 Å². The second-order valence-electron chi connectivity index (χ2n) is 4.76. The molecule has 0 bridgehead atoms. The van der Waals surface area contributed by atoms with Crippen LogP contribution in [-0.4, -0.2) is 46.5 Å². The zero-order valence-electron chi connectivity index (χ0n) is 11.3. The first kappa shape index (κ1) is 13.8. The van der Waals surface area contributed by atoms with Crippen molar-refractivity contribution in [2.45, 2.75) is 11.8 Å². The molecule has 0 atom stereocenters. The van der Waals surface area contributed by atoms with Gasteiger partial charge in [-0.05, 0) is 38.7 Å². The van der Waals surface area contributed by atoms with E-state index in [2.05, 4.69) is 15.0 Å². The topological polar surface area (TPSA) is 73.8 Å². The molecule has 0 saturated heterocycles. The Morgan fingerprint density at radius 2 is 2.05 bits per heavy atom. The summed E-state index contributed by atoms with van der Waals surface area (Å²) in [5, 5.41) is 2.99. The van der Waals surface area contributed by atoms with Gasteiger partial charge < -0.3 is 10.2 Å². The van der Waals surface area contributed by atoms with Gasteiger partial charge in [0.15, 0.2) is 0 Å². The van der Waals surface area contributed by atoms with Crippen molar-refractivity contribution in [3.63, 3.8) is 0 Å². The average molecular weight is 282 g/mol. The lowest BCUT2D eigenvalue weighted by Gasteiger charge is -2.22. The van der Waals surface area contributed by atoms with Gasteiger partial charge in [-0.3, -0.25) is 4.99 Å². The second kappa shape index (κ2) is 5.18. The highest BCUT2D eigenvalue weighted by atomic mass is 32.2. The molecule has 0 fully saturated rings. The first-order valence-electron chi connectivity index (χ1n) is 5.98. The summed E-state index contributed by atoms with van der Waals surface area (Å²) in [5.41, 5.74) is 1.46. The predicted octanol–water partition coefficient (Wildman–Crippen LogP) is 0.616. The number of benzene rings is 1. The maximum absolute atomic E-state index is 12.1. The van der Waals surface area contributed by atoms with E-state index in [1.807, 2.05) is 32.0 Å². The standard InChI is InChI=1S/C12H18N4O2S/c1-9-4-5-10-11(8-9)19(17,18)15-12(14-10)13-6-7-16(2)3/h4-5,8H,6-7H2,1-3H3,(H2,13,14,15). The molecule has 1 heterocycles. The van der Waals surface area contributed by atoms with E-state index in [4.69, 9.17) is 0 Å². The number of rotatable bonds is 3. The van der Waals surface area contributed by atoms with Crippen LogP contribution in [0.2, 0.25) is 0 Å². The molecule has 0 saturated carbocycles. The van der Waals surface area contributed by atoms with Gasteiger partial charge in [0, 0.05) is 6.54 Å². The first-order chi connectivity index (χ1) is 8.88. The van der Waals surface area contributed by atoms with Gasteiger partial charge in [-0.15, -0.1) is 0 Å². The minimum absolute atomic E-state index is 0.263. The number of hydrogen-bond donors (Lipinski definition) is 2. The molecule has 1 aliphatic rings. The Morgan fingerprint density at radius 3 is 2.74 bits per heavy atom. The van der Waals surface area contributed by atoms with Gasteiger partial charge in [0.1, 0.15) is 4.90 Å². The number of aliphatic imine (C=N–C) groups is 1. The Balaban J connectivity index is 2.26. The molecule has 2 rings (SSSR count). The molecule has 1 aliphatic heterocycles. The molecule has 0 spiro atoms. The highest BCUT2D eigenvalue weighted by Gasteiger charge is 2.26. The van der Waals surface area contributed by atoms with Crippen LogP contribution in [0.5, 0.6) is 0 Å². The van der Waals surface area contributed by atoms with E-state index in [0.29, 0.717) is 12.2 Å². The number of nitrogens with zero attached hydrogens (tertiary/aromatic N) is 2. The number of aryl methyl sites for hydroxylation is 1. The van der Waals surface area contributed by atoms with E-state index in [-0.39, 0.29) is 10.9 Å². The van der Waals surface area contributed by atoms with Crippen molar-refractivity contribution in [1.29, 1.82) is 0 Å². The Labute approximate surface area is 113 Å². The van der Waals surface area contributed by atoms with Crippen molar-refractivity contribution in [2.24, 2.45) is 4.99 Å². The van der Waals surface area contributed by atoms with E-state index in [1.165, 1.54) is 0 Å². The summed E-state index contributed by atoms with van der Waals surface area (Å²) in [5.74, 6) is 0.276. The molecular weight excluding hydrogens is 264 g/mol. The van der Waals surface area contributed by atoms with Crippen LogP contribution in [-0.2, 0) is 10.0 Å². The van der Waals surface area contributed by atoms with Gasteiger partial charge in [-0.2, -0.15) is 0 Å². The average Bonchev–Trinajstić information content (AvgIpc) is 2.29. The third kappa shape index (κ3) is 3.24. The van der Waals surface area contributed by atoms with Crippen LogP contribution in [0, 0.1) is 6.92 Å². The molecule has 0 unspecified atom stereocenters. The summed E-state index contributed by atoms with van der Waals surface area (Å²) in [6.07, 6.45) is 0. The van der Waals surface area contributed by atoms with Gasteiger partial charge in [0.05, 0.1) is 12.2 Å². The molecule has 2 N–H and O–H groups in total. The van der Waals surface area contributed by atoms with Crippen molar-refractivity contribution >= 4 is 21.7 Å². The molecule has 0 aromatic heterocycles. The maximum Gasteiger partial charge on any atom is 0.266 e. The molecule has 7 heteroatoms. The van der Waals surface area contributed by atoms with Crippen LogP contribution in [0.3, 0.4) is 0 Å². The monoisotopic (exact) mass is 282 g/mol. The van der Waals surface area contributed by atoms with Gasteiger partial charge in [-0.1, -0.05) is 6.07 Å². The zero-order chi connectivity index (χ0) is 14.0. The van der Waals surface area contributed by atoms with Crippen molar-refractivity contribution in [3.05, 3.63) is 23.8 Å². The molecule has 19 heavy (non-hydrogen) atoms. The minimum atomic E-state index is -3.52. The lowest BCUT2D eigenvalue weighted by Crippen LogP contribution is -2.41. The quantitative estimate of drug-likeness (QED) is 0.852. The van der Waals surface area contributed by atoms with E-state index in [0.717, 1.165) is 12.1 Å². The van der Waals surface area contributed by atoms with Gasteiger partial charge in [0.2, 0.25) is 5.96 Å². The van der Waals surface area contributed by atoms with E-state index < -0.39 is 10.0 Å². The molecule has 0 aliphatic carbocycles. The van der Waals surface area contributed by atoms with Crippen molar-refractivity contribution in [2.75, 3.05) is 32.5 Å². The number of anilines is 1. The summed E-state index contributed by atoms with van der Waals surface area (Å²) in [4.78, 5) is 6.46. The number of hydrogen-bond acceptors (Lipinski definition) is 4. The molecular formula is C12H18N4O2S. The fraction of sp³-hybridized carbons (Fsp3) is 0.417. The Hall–Kier alpha value is -1.60. The summed E-state index contributed by atoms with van der Waals surface area (Å²) < 4.78 is 26.6. The molecule has 0 radical (unpaired) electrons. The normalized spacial score (nSPS) is 18.8. The highest BCUT2D eigenvalue weighted by Crippen LogP contribution is 2.25. The predicted molar refractivity (Wildman–Crippen MR) is 76.0 cm³/mol. The van der Waals surface area contributed by atoms with E-state index >= 15 is 0 Å². The number of fused-ring (bicyclic) bond motifs is 1. The Bertz CT molecular complexity index is 608. The van der Waals surface area contributed by atoms with Crippen LogP contribution < -0.4 is 10.0 Å². The van der Waals surface area contributed by atoms with Gasteiger partial charge >= 0.3 is 0 Å². The maximum atomic E-state index is 12.1. The van der Waals surface area contributed by atoms with Crippen LogP contribution >= 0.6 is 0 Å².